The summed E-state index contributed by atoms with van der Waals surface area (Å²) in [4.78, 5) is 4.42. The van der Waals surface area contributed by atoms with Crippen LogP contribution in [-0.4, -0.2) is 29.3 Å². The number of halogens is 2. The van der Waals surface area contributed by atoms with E-state index in [0.29, 0.717) is 28.8 Å². The van der Waals surface area contributed by atoms with Gasteiger partial charge in [0.25, 0.3) is 0 Å². The first-order valence-corrected chi connectivity index (χ1v) is 9.26. The summed E-state index contributed by atoms with van der Waals surface area (Å²) in [6.07, 6.45) is 0.902. The summed E-state index contributed by atoms with van der Waals surface area (Å²) in [6.45, 7) is 6.87. The maximum absolute atomic E-state index is 14.1. The van der Waals surface area contributed by atoms with E-state index in [9.17, 15) is 9.50 Å². The summed E-state index contributed by atoms with van der Waals surface area (Å²) >= 11 is 6.28. The van der Waals surface area contributed by atoms with E-state index in [1.165, 1.54) is 6.07 Å². The zero-order valence-corrected chi connectivity index (χ0v) is 16.2. The van der Waals surface area contributed by atoms with Gasteiger partial charge in [-0.15, -0.1) is 0 Å². The molecule has 2 rings (SSSR count). The van der Waals surface area contributed by atoms with Gasteiger partial charge in [-0.2, -0.15) is 0 Å². The quantitative estimate of drug-likeness (QED) is 0.675. The molecule has 142 valence electrons. The van der Waals surface area contributed by atoms with E-state index in [0.717, 1.165) is 12.0 Å². The number of hydrogen-bond acceptors (Lipinski definition) is 4. The SMILES string of the molecule is CCCOc1ccc(-c2ccc(F)c(CN[C@@H](CO)C(C)C)n2)cc1Cl. The molecule has 0 amide bonds. The Morgan fingerprint density at radius 2 is 2.04 bits per heavy atom. The second-order valence-corrected chi connectivity index (χ2v) is 6.94. The van der Waals surface area contributed by atoms with Gasteiger partial charge < -0.3 is 15.2 Å². The number of ether oxygens (including phenoxy) is 1. The number of pyridine rings is 1. The van der Waals surface area contributed by atoms with Crippen molar-refractivity contribution in [2.45, 2.75) is 39.8 Å². The van der Waals surface area contributed by atoms with Gasteiger partial charge in [-0.3, -0.25) is 0 Å². The molecule has 26 heavy (non-hydrogen) atoms. The van der Waals surface area contributed by atoms with Crippen LogP contribution in [0.5, 0.6) is 5.75 Å². The summed E-state index contributed by atoms with van der Waals surface area (Å²) in [5, 5.41) is 13.0. The van der Waals surface area contributed by atoms with Crippen LogP contribution in [-0.2, 0) is 6.54 Å². The fraction of sp³-hybridized carbons (Fsp3) is 0.450. The Bertz CT molecular complexity index is 725. The van der Waals surface area contributed by atoms with Gasteiger partial charge in [-0.25, -0.2) is 9.37 Å². The summed E-state index contributed by atoms with van der Waals surface area (Å²) < 4.78 is 19.7. The number of aliphatic hydroxyl groups excluding tert-OH is 1. The first-order chi connectivity index (χ1) is 12.5. The molecule has 4 nitrogen and oxygen atoms in total. The Morgan fingerprint density at radius 1 is 1.27 bits per heavy atom. The minimum atomic E-state index is -0.379. The molecule has 0 aliphatic carbocycles. The zero-order chi connectivity index (χ0) is 19.1. The molecule has 0 aliphatic heterocycles. The van der Waals surface area contributed by atoms with Crippen LogP contribution in [0, 0.1) is 11.7 Å². The second-order valence-electron chi connectivity index (χ2n) is 6.53. The highest BCUT2D eigenvalue weighted by atomic mass is 35.5. The first kappa shape index (κ1) is 20.6. The number of hydrogen-bond donors (Lipinski definition) is 2. The van der Waals surface area contributed by atoms with Crippen LogP contribution >= 0.6 is 11.6 Å². The standard InChI is InChI=1S/C20H26ClFN2O2/c1-4-9-26-20-8-5-14(10-15(20)21)17-7-6-16(22)18(24-17)11-23-19(12-25)13(2)3/h5-8,10,13,19,23,25H,4,9,11-12H2,1-3H3/t19-/m0/s1. The highest BCUT2D eigenvalue weighted by molar-refractivity contribution is 6.32. The lowest BCUT2D eigenvalue weighted by Crippen LogP contribution is -2.36. The summed E-state index contributed by atoms with van der Waals surface area (Å²) in [6, 6.07) is 8.36. The van der Waals surface area contributed by atoms with Crippen LogP contribution in [0.15, 0.2) is 30.3 Å². The second kappa shape index (κ2) is 9.86. The van der Waals surface area contributed by atoms with Crippen molar-refractivity contribution in [1.29, 1.82) is 0 Å². The topological polar surface area (TPSA) is 54.4 Å². The van der Waals surface area contributed by atoms with Crippen LogP contribution in [0.2, 0.25) is 5.02 Å². The molecule has 2 N–H and O–H groups in total. The summed E-state index contributed by atoms with van der Waals surface area (Å²) in [7, 11) is 0. The molecule has 0 saturated heterocycles. The number of benzene rings is 1. The summed E-state index contributed by atoms with van der Waals surface area (Å²) in [5.41, 5.74) is 1.74. The third-order valence-electron chi connectivity index (χ3n) is 4.14. The van der Waals surface area contributed by atoms with Crippen molar-refractivity contribution in [1.82, 2.24) is 10.3 Å². The minimum Gasteiger partial charge on any atom is -0.492 e. The highest BCUT2D eigenvalue weighted by Gasteiger charge is 2.14. The fourth-order valence-corrected chi connectivity index (χ4v) is 2.73. The average molecular weight is 381 g/mol. The van der Waals surface area contributed by atoms with Crippen molar-refractivity contribution in [3.8, 4) is 17.0 Å². The maximum atomic E-state index is 14.1. The van der Waals surface area contributed by atoms with Crippen molar-refractivity contribution >= 4 is 11.6 Å². The molecule has 2 aromatic rings. The molecule has 1 aromatic heterocycles. The van der Waals surface area contributed by atoms with Crippen LogP contribution in [0.3, 0.4) is 0 Å². The van der Waals surface area contributed by atoms with Crippen LogP contribution in [0.25, 0.3) is 11.3 Å². The van der Waals surface area contributed by atoms with Gasteiger partial charge in [-0.1, -0.05) is 32.4 Å². The highest BCUT2D eigenvalue weighted by Crippen LogP contribution is 2.30. The Labute approximate surface area is 159 Å². The lowest BCUT2D eigenvalue weighted by atomic mass is 10.1. The van der Waals surface area contributed by atoms with Crippen LogP contribution in [0.4, 0.5) is 4.39 Å². The molecule has 6 heteroatoms. The van der Waals surface area contributed by atoms with E-state index in [1.54, 1.807) is 18.2 Å². The maximum Gasteiger partial charge on any atom is 0.146 e. The molecule has 0 unspecified atom stereocenters. The molecule has 1 atom stereocenters. The molecule has 1 aromatic carbocycles. The van der Waals surface area contributed by atoms with Crippen molar-refractivity contribution < 1.29 is 14.2 Å². The molecule has 1 heterocycles. The Kier molecular flexibility index (Phi) is 7.82. The number of aliphatic hydroxyl groups is 1. The van der Waals surface area contributed by atoms with Crippen molar-refractivity contribution in [3.05, 3.63) is 46.9 Å². The smallest absolute Gasteiger partial charge is 0.146 e. The van der Waals surface area contributed by atoms with E-state index in [2.05, 4.69) is 10.3 Å². The third-order valence-corrected chi connectivity index (χ3v) is 4.44. The van der Waals surface area contributed by atoms with Gasteiger partial charge >= 0.3 is 0 Å². The van der Waals surface area contributed by atoms with E-state index in [4.69, 9.17) is 16.3 Å². The fourth-order valence-electron chi connectivity index (χ4n) is 2.50. The molecule has 0 aliphatic rings. The normalized spacial score (nSPS) is 12.4. The minimum absolute atomic E-state index is 0.00614. The predicted octanol–water partition coefficient (Wildman–Crippen LogP) is 4.44. The van der Waals surface area contributed by atoms with Gasteiger partial charge in [0.15, 0.2) is 0 Å². The number of rotatable bonds is 9. The van der Waals surface area contributed by atoms with Crippen molar-refractivity contribution in [2.24, 2.45) is 5.92 Å². The monoisotopic (exact) mass is 380 g/mol. The van der Waals surface area contributed by atoms with E-state index in [1.807, 2.05) is 26.8 Å². The Hall–Kier alpha value is -1.69. The molecular weight excluding hydrogens is 355 g/mol. The lowest BCUT2D eigenvalue weighted by Gasteiger charge is -2.20. The van der Waals surface area contributed by atoms with Gasteiger partial charge in [0.2, 0.25) is 0 Å². The molecule has 0 saturated carbocycles. The van der Waals surface area contributed by atoms with Crippen LogP contribution in [0.1, 0.15) is 32.9 Å². The Balaban J connectivity index is 2.19. The third kappa shape index (κ3) is 5.40. The van der Waals surface area contributed by atoms with Crippen molar-refractivity contribution in [2.75, 3.05) is 13.2 Å². The average Bonchev–Trinajstić information content (AvgIpc) is 2.62. The molecule has 0 fully saturated rings. The molecular formula is C20H26ClFN2O2. The Morgan fingerprint density at radius 3 is 2.65 bits per heavy atom. The van der Waals surface area contributed by atoms with Crippen molar-refractivity contribution in [3.63, 3.8) is 0 Å². The largest absolute Gasteiger partial charge is 0.492 e. The van der Waals surface area contributed by atoms with Gasteiger partial charge in [-0.05, 0) is 42.7 Å². The van der Waals surface area contributed by atoms with Gasteiger partial charge in [0.1, 0.15) is 11.6 Å². The molecule has 0 spiro atoms. The molecule has 0 bridgehead atoms. The van der Waals surface area contributed by atoms with Gasteiger partial charge in [0, 0.05) is 18.2 Å². The van der Waals surface area contributed by atoms with E-state index in [-0.39, 0.29) is 30.9 Å². The summed E-state index contributed by atoms with van der Waals surface area (Å²) in [5.74, 6) is 0.486. The number of nitrogens with zero attached hydrogens (tertiary/aromatic N) is 1. The van der Waals surface area contributed by atoms with Crippen LogP contribution < -0.4 is 10.1 Å². The number of aromatic nitrogens is 1. The zero-order valence-electron chi connectivity index (χ0n) is 15.4. The van der Waals surface area contributed by atoms with Gasteiger partial charge in [0.05, 0.1) is 29.6 Å². The number of nitrogens with one attached hydrogen (secondary N) is 1. The van der Waals surface area contributed by atoms with E-state index >= 15 is 0 Å². The first-order valence-electron chi connectivity index (χ1n) is 8.88. The predicted molar refractivity (Wildman–Crippen MR) is 103 cm³/mol. The lowest BCUT2D eigenvalue weighted by molar-refractivity contribution is 0.209. The van der Waals surface area contributed by atoms with E-state index < -0.39 is 0 Å². The molecule has 0 radical (unpaired) electrons.